The van der Waals surface area contributed by atoms with Gasteiger partial charge in [0.1, 0.15) is 5.69 Å². The lowest BCUT2D eigenvalue weighted by Crippen LogP contribution is -2.45. The lowest BCUT2D eigenvalue weighted by atomic mass is 10.0. The molecule has 0 unspecified atom stereocenters. The van der Waals surface area contributed by atoms with E-state index in [0.29, 0.717) is 10.4 Å². The quantitative estimate of drug-likeness (QED) is 0.271. The molecule has 0 saturated heterocycles. The fourth-order valence-electron chi connectivity index (χ4n) is 4.39. The number of sulfone groups is 1. The summed E-state index contributed by atoms with van der Waals surface area (Å²) in [6.45, 7) is 0.0768. The van der Waals surface area contributed by atoms with Crippen LogP contribution in [0.1, 0.15) is 5.56 Å². The Balaban J connectivity index is 1.92. The van der Waals surface area contributed by atoms with Crippen molar-refractivity contribution in [1.82, 2.24) is 18.8 Å². The van der Waals surface area contributed by atoms with Crippen molar-refractivity contribution >= 4 is 31.6 Å². The molecule has 0 aliphatic carbocycles. The average Bonchev–Trinajstić information content (AvgIpc) is 3.12. The third kappa shape index (κ3) is 3.79. The summed E-state index contributed by atoms with van der Waals surface area (Å²) in [5, 5.41) is 15.6. The van der Waals surface area contributed by atoms with Gasteiger partial charge >= 0.3 is 11.3 Å². The summed E-state index contributed by atoms with van der Waals surface area (Å²) in [7, 11) is -2.46. The Labute approximate surface area is 199 Å². The van der Waals surface area contributed by atoms with Crippen molar-refractivity contribution in [1.29, 1.82) is 0 Å². The number of hydrogen-bond acceptors (Lipinski definition) is 6. The van der Waals surface area contributed by atoms with Crippen molar-refractivity contribution in [3.8, 4) is 11.3 Å². The SMILES string of the molecule is Cn1c(=O)c2c(-c3ccncc3)n(Cc3cccc4ccccc34)[n+]([O-])c2n(CS(C)(=O)=O)c1=O. The van der Waals surface area contributed by atoms with Crippen molar-refractivity contribution in [3.63, 3.8) is 0 Å². The lowest BCUT2D eigenvalue weighted by molar-refractivity contribution is -0.670. The van der Waals surface area contributed by atoms with Crippen LogP contribution in [0.5, 0.6) is 0 Å². The van der Waals surface area contributed by atoms with Gasteiger partial charge in [-0.15, -0.1) is 0 Å². The second-order valence-electron chi connectivity index (χ2n) is 8.38. The summed E-state index contributed by atoms with van der Waals surface area (Å²) in [6.07, 6.45) is 4.02. The highest BCUT2D eigenvalue weighted by molar-refractivity contribution is 7.89. The molecule has 0 saturated carbocycles. The third-order valence-electron chi connectivity index (χ3n) is 5.93. The Morgan fingerprint density at radius 1 is 1.00 bits per heavy atom. The fourth-order valence-corrected chi connectivity index (χ4v) is 5.09. The standard InChI is InChI=1S/C24H21N5O5S/c1-26-23(30)20-21(17-10-12-25-13-11-17)28(14-18-8-5-7-16-6-3-4-9-19(16)18)29(32)22(20)27(24(26)31)15-35(2,33)34/h3-13H,14-15H2,1-2H3. The summed E-state index contributed by atoms with van der Waals surface area (Å²) in [4.78, 5) is 30.7. The van der Waals surface area contributed by atoms with Crippen molar-refractivity contribution in [2.75, 3.05) is 6.26 Å². The van der Waals surface area contributed by atoms with E-state index < -0.39 is 27.0 Å². The molecule has 0 aliphatic rings. The van der Waals surface area contributed by atoms with E-state index in [1.807, 2.05) is 42.5 Å². The van der Waals surface area contributed by atoms with E-state index in [9.17, 15) is 23.2 Å². The second-order valence-corrected chi connectivity index (χ2v) is 10.5. The van der Waals surface area contributed by atoms with Crippen molar-refractivity contribution in [2.45, 2.75) is 12.4 Å². The van der Waals surface area contributed by atoms with Gasteiger partial charge in [0.15, 0.2) is 21.1 Å². The minimum Gasteiger partial charge on any atom is -0.692 e. The first kappa shape index (κ1) is 22.5. The third-order valence-corrected chi connectivity index (χ3v) is 6.66. The predicted octanol–water partition coefficient (Wildman–Crippen LogP) is 1.40. The number of rotatable bonds is 5. The highest BCUT2D eigenvalue weighted by Gasteiger charge is 2.31. The molecule has 0 aliphatic heterocycles. The van der Waals surface area contributed by atoms with E-state index in [1.165, 1.54) is 24.1 Å². The molecule has 11 heteroatoms. The van der Waals surface area contributed by atoms with Crippen LogP contribution in [0.15, 0.2) is 76.6 Å². The number of aromatic nitrogens is 5. The van der Waals surface area contributed by atoms with Crippen LogP contribution < -0.4 is 16.1 Å². The van der Waals surface area contributed by atoms with Crippen LogP contribution in [-0.4, -0.2) is 33.5 Å². The van der Waals surface area contributed by atoms with Gasteiger partial charge < -0.3 is 5.21 Å². The molecule has 0 atom stereocenters. The minimum atomic E-state index is -3.72. The molecule has 2 aromatic carbocycles. The maximum atomic E-state index is 13.7. The number of benzene rings is 2. The van der Waals surface area contributed by atoms with Crippen LogP contribution in [-0.2, 0) is 29.3 Å². The molecule has 0 N–H and O–H groups in total. The zero-order valence-corrected chi connectivity index (χ0v) is 19.8. The van der Waals surface area contributed by atoms with Crippen LogP contribution in [0.2, 0.25) is 0 Å². The molecular weight excluding hydrogens is 470 g/mol. The topological polar surface area (TPSA) is 123 Å². The fraction of sp³-hybridized carbons (Fsp3) is 0.167. The normalized spacial score (nSPS) is 11.9. The molecule has 5 aromatic rings. The Morgan fingerprint density at radius 2 is 1.69 bits per heavy atom. The van der Waals surface area contributed by atoms with E-state index in [2.05, 4.69) is 4.98 Å². The molecule has 0 radical (unpaired) electrons. The Kier molecular flexibility index (Phi) is 5.28. The van der Waals surface area contributed by atoms with Gasteiger partial charge in [-0.3, -0.25) is 9.78 Å². The zero-order valence-electron chi connectivity index (χ0n) is 19.0. The number of nitrogens with zero attached hydrogens (tertiary/aromatic N) is 5. The number of hydrogen-bond donors (Lipinski definition) is 0. The lowest BCUT2D eigenvalue weighted by Gasteiger charge is -2.14. The van der Waals surface area contributed by atoms with Gasteiger partial charge in [0, 0.05) is 31.3 Å². The van der Waals surface area contributed by atoms with Gasteiger partial charge in [0.2, 0.25) is 0 Å². The molecule has 3 heterocycles. The highest BCUT2D eigenvalue weighted by atomic mass is 32.2. The molecule has 0 amide bonds. The van der Waals surface area contributed by atoms with E-state index >= 15 is 0 Å². The van der Waals surface area contributed by atoms with Crippen LogP contribution in [0.3, 0.4) is 0 Å². The predicted molar refractivity (Wildman–Crippen MR) is 132 cm³/mol. The molecule has 0 fully saturated rings. The number of pyridine rings is 1. The first-order chi connectivity index (χ1) is 16.7. The molecular formula is C24H21N5O5S. The van der Waals surface area contributed by atoms with Crippen LogP contribution in [0, 0.1) is 5.21 Å². The van der Waals surface area contributed by atoms with Crippen LogP contribution in [0.4, 0.5) is 0 Å². The van der Waals surface area contributed by atoms with E-state index in [0.717, 1.165) is 31.7 Å². The van der Waals surface area contributed by atoms with E-state index in [1.54, 1.807) is 12.1 Å². The Hall–Kier alpha value is -4.25. The van der Waals surface area contributed by atoms with Crippen molar-refractivity contribution in [2.24, 2.45) is 7.05 Å². The molecule has 178 valence electrons. The van der Waals surface area contributed by atoms with Gasteiger partial charge in [-0.2, -0.15) is 9.41 Å². The van der Waals surface area contributed by atoms with E-state index in [-0.39, 0.29) is 23.3 Å². The van der Waals surface area contributed by atoms with Gasteiger partial charge in [-0.25, -0.2) is 22.5 Å². The smallest absolute Gasteiger partial charge is 0.419 e. The molecule has 0 spiro atoms. The summed E-state index contributed by atoms with van der Waals surface area (Å²) in [6, 6.07) is 16.7. The van der Waals surface area contributed by atoms with Gasteiger partial charge in [-0.1, -0.05) is 42.5 Å². The summed E-state index contributed by atoms with van der Waals surface area (Å²) in [5.41, 5.74) is -0.272. The molecule has 0 bridgehead atoms. The Morgan fingerprint density at radius 3 is 2.40 bits per heavy atom. The van der Waals surface area contributed by atoms with Gasteiger partial charge in [-0.05, 0) is 28.5 Å². The largest absolute Gasteiger partial charge is 0.692 e. The maximum Gasteiger partial charge on any atom is 0.419 e. The van der Waals surface area contributed by atoms with Crippen molar-refractivity contribution in [3.05, 3.63) is 98.6 Å². The molecule has 5 rings (SSSR count). The average molecular weight is 492 g/mol. The minimum absolute atomic E-state index is 0.0443. The highest BCUT2D eigenvalue weighted by Crippen LogP contribution is 2.27. The second kappa shape index (κ2) is 8.20. The summed E-state index contributed by atoms with van der Waals surface area (Å²) >= 11 is 0. The van der Waals surface area contributed by atoms with Crippen molar-refractivity contribution < 1.29 is 13.3 Å². The van der Waals surface area contributed by atoms with Gasteiger partial charge in [0.05, 0.1) is 6.54 Å². The molecule has 10 nitrogen and oxygen atoms in total. The Bertz CT molecular complexity index is 1830. The number of fused-ring (bicyclic) bond motifs is 2. The monoisotopic (exact) mass is 491 g/mol. The van der Waals surface area contributed by atoms with Crippen LogP contribution >= 0.6 is 0 Å². The molecule has 35 heavy (non-hydrogen) atoms. The van der Waals surface area contributed by atoms with Crippen LogP contribution in [0.25, 0.3) is 33.1 Å². The van der Waals surface area contributed by atoms with Gasteiger partial charge in [0.25, 0.3) is 5.56 Å². The molecule has 3 aromatic heterocycles. The maximum absolute atomic E-state index is 13.7. The summed E-state index contributed by atoms with van der Waals surface area (Å²) in [5.74, 6) is -0.743. The first-order valence-electron chi connectivity index (χ1n) is 10.7. The summed E-state index contributed by atoms with van der Waals surface area (Å²) < 4.78 is 27.3. The first-order valence-corrected chi connectivity index (χ1v) is 12.7. The van der Waals surface area contributed by atoms with E-state index in [4.69, 9.17) is 0 Å². The zero-order chi connectivity index (χ0) is 24.9.